The highest BCUT2D eigenvalue weighted by Gasteiger charge is 2.25. The number of para-hydroxylation sites is 1. The second-order valence-corrected chi connectivity index (χ2v) is 7.51. The van der Waals surface area contributed by atoms with Crippen LogP contribution in [0.4, 0.5) is 10.2 Å². The number of amides is 1. The lowest BCUT2D eigenvalue weighted by molar-refractivity contribution is 0.0948. The van der Waals surface area contributed by atoms with E-state index in [-0.39, 0.29) is 35.7 Å². The first kappa shape index (κ1) is 22.6. The molecule has 0 unspecified atom stereocenters. The van der Waals surface area contributed by atoms with Gasteiger partial charge in [0, 0.05) is 5.56 Å². The summed E-state index contributed by atoms with van der Waals surface area (Å²) >= 11 is 0. The Kier molecular flexibility index (Phi) is 6.57. The number of halogens is 1. The van der Waals surface area contributed by atoms with E-state index < -0.39 is 5.91 Å². The molecule has 1 amide bonds. The summed E-state index contributed by atoms with van der Waals surface area (Å²) in [6.07, 6.45) is 1.46. The van der Waals surface area contributed by atoms with Gasteiger partial charge in [-0.15, -0.1) is 5.10 Å². The van der Waals surface area contributed by atoms with Gasteiger partial charge in [-0.1, -0.05) is 43.3 Å². The number of carbonyl (C=O) groups excluding carboxylic acids is 1. The van der Waals surface area contributed by atoms with Crippen molar-refractivity contribution in [2.75, 3.05) is 5.73 Å². The second-order valence-electron chi connectivity index (χ2n) is 7.51. The SMILES string of the molecule is CC(C)c1c(C(=O)NN=Cc2ccccc2OCc2ccc(F)cc2)nnn1-c1nonc1N. The molecular weight excluding hydrogens is 443 g/mol. The summed E-state index contributed by atoms with van der Waals surface area (Å²) in [5.74, 6) is -0.302. The molecule has 2 heterocycles. The summed E-state index contributed by atoms with van der Waals surface area (Å²) < 4.78 is 24.8. The molecule has 34 heavy (non-hydrogen) atoms. The first-order chi connectivity index (χ1) is 16.4. The topological polar surface area (TPSA) is 146 Å². The van der Waals surface area contributed by atoms with Crippen molar-refractivity contribution >= 4 is 17.9 Å². The summed E-state index contributed by atoms with van der Waals surface area (Å²) in [5.41, 5.74) is 10.2. The molecule has 0 fully saturated rings. The Hall–Kier alpha value is -4.61. The number of ether oxygens (including phenoxy) is 1. The van der Waals surface area contributed by atoms with E-state index >= 15 is 0 Å². The van der Waals surface area contributed by atoms with E-state index in [0.29, 0.717) is 17.0 Å². The van der Waals surface area contributed by atoms with Crippen molar-refractivity contribution in [2.45, 2.75) is 26.4 Å². The molecule has 4 rings (SSSR count). The Labute approximate surface area is 193 Å². The molecule has 0 saturated carbocycles. The van der Waals surface area contributed by atoms with Crippen molar-refractivity contribution in [3.05, 3.63) is 76.9 Å². The van der Waals surface area contributed by atoms with Crippen LogP contribution in [0.5, 0.6) is 5.75 Å². The van der Waals surface area contributed by atoms with Crippen LogP contribution in [0.2, 0.25) is 0 Å². The zero-order valence-electron chi connectivity index (χ0n) is 18.3. The first-order valence-corrected chi connectivity index (χ1v) is 10.3. The van der Waals surface area contributed by atoms with Gasteiger partial charge < -0.3 is 10.5 Å². The van der Waals surface area contributed by atoms with Crippen LogP contribution in [-0.2, 0) is 6.61 Å². The maximum atomic E-state index is 13.1. The van der Waals surface area contributed by atoms with Crippen molar-refractivity contribution in [2.24, 2.45) is 5.10 Å². The minimum Gasteiger partial charge on any atom is -0.488 e. The van der Waals surface area contributed by atoms with Crippen LogP contribution >= 0.6 is 0 Å². The van der Waals surface area contributed by atoms with E-state index in [2.05, 4.69) is 35.8 Å². The van der Waals surface area contributed by atoms with Crippen LogP contribution in [-0.4, -0.2) is 37.4 Å². The Bertz CT molecular complexity index is 1310. The van der Waals surface area contributed by atoms with Gasteiger partial charge in [0.1, 0.15) is 18.2 Å². The molecule has 0 aliphatic carbocycles. The predicted molar refractivity (Wildman–Crippen MR) is 120 cm³/mol. The Morgan fingerprint density at radius 2 is 2.00 bits per heavy atom. The number of anilines is 1. The predicted octanol–water partition coefficient (Wildman–Crippen LogP) is 2.84. The van der Waals surface area contributed by atoms with E-state index in [9.17, 15) is 9.18 Å². The molecule has 0 bridgehead atoms. The number of nitrogens with two attached hydrogens (primary N) is 1. The van der Waals surface area contributed by atoms with Gasteiger partial charge >= 0.3 is 0 Å². The summed E-state index contributed by atoms with van der Waals surface area (Å²) in [6.45, 7) is 3.99. The highest BCUT2D eigenvalue weighted by molar-refractivity contribution is 5.94. The lowest BCUT2D eigenvalue weighted by atomic mass is 10.1. The minimum atomic E-state index is -0.564. The van der Waals surface area contributed by atoms with Gasteiger partial charge in [0.25, 0.3) is 5.91 Å². The molecule has 3 N–H and O–H groups in total. The van der Waals surface area contributed by atoms with E-state index in [1.165, 1.54) is 23.0 Å². The zero-order chi connectivity index (χ0) is 24.1. The third-order valence-corrected chi connectivity index (χ3v) is 4.76. The lowest BCUT2D eigenvalue weighted by Gasteiger charge is -2.09. The third kappa shape index (κ3) is 4.90. The number of nitrogens with zero attached hydrogens (tertiary/aromatic N) is 6. The van der Waals surface area contributed by atoms with Crippen LogP contribution in [0.1, 0.15) is 47.1 Å². The average molecular weight is 464 g/mol. The number of benzene rings is 2. The van der Waals surface area contributed by atoms with Gasteiger partial charge in [-0.25, -0.2) is 14.4 Å². The monoisotopic (exact) mass is 464 g/mol. The van der Waals surface area contributed by atoms with Crippen molar-refractivity contribution in [1.29, 1.82) is 0 Å². The van der Waals surface area contributed by atoms with Crippen LogP contribution in [0, 0.1) is 5.82 Å². The van der Waals surface area contributed by atoms with E-state index in [1.807, 2.05) is 26.0 Å². The van der Waals surface area contributed by atoms with Gasteiger partial charge in [0.15, 0.2) is 5.69 Å². The van der Waals surface area contributed by atoms with Crippen molar-refractivity contribution in [3.63, 3.8) is 0 Å². The van der Waals surface area contributed by atoms with Crippen LogP contribution < -0.4 is 15.9 Å². The number of hydrogen-bond acceptors (Lipinski definition) is 9. The van der Waals surface area contributed by atoms with Gasteiger partial charge in [-0.2, -0.15) is 9.78 Å². The molecule has 2 aromatic carbocycles. The maximum Gasteiger partial charge on any atom is 0.293 e. The van der Waals surface area contributed by atoms with E-state index in [1.54, 1.807) is 24.3 Å². The fourth-order valence-electron chi connectivity index (χ4n) is 3.14. The number of hydrogen-bond donors (Lipinski definition) is 2. The largest absolute Gasteiger partial charge is 0.488 e. The van der Waals surface area contributed by atoms with Gasteiger partial charge in [-0.3, -0.25) is 4.79 Å². The summed E-state index contributed by atoms with van der Waals surface area (Å²) in [4.78, 5) is 12.8. The van der Waals surface area contributed by atoms with Gasteiger partial charge in [-0.05, 0) is 46.1 Å². The molecule has 0 aliphatic heterocycles. The quantitative estimate of drug-likeness (QED) is 0.299. The normalized spacial score (nSPS) is 11.3. The fraction of sp³-hybridized carbons (Fsp3) is 0.182. The summed E-state index contributed by atoms with van der Waals surface area (Å²) in [6, 6.07) is 13.2. The second kappa shape index (κ2) is 9.90. The Morgan fingerprint density at radius 3 is 2.71 bits per heavy atom. The first-order valence-electron chi connectivity index (χ1n) is 10.3. The van der Waals surface area contributed by atoms with Crippen LogP contribution in [0.25, 0.3) is 5.82 Å². The number of aromatic nitrogens is 5. The van der Waals surface area contributed by atoms with Crippen molar-refractivity contribution in [1.82, 2.24) is 30.7 Å². The van der Waals surface area contributed by atoms with Crippen LogP contribution in [0.3, 0.4) is 0 Å². The third-order valence-electron chi connectivity index (χ3n) is 4.76. The van der Waals surface area contributed by atoms with Gasteiger partial charge in [0.05, 0.1) is 11.9 Å². The smallest absolute Gasteiger partial charge is 0.293 e. The lowest BCUT2D eigenvalue weighted by Crippen LogP contribution is -2.21. The molecule has 11 nitrogen and oxygen atoms in total. The molecular formula is C22H21FN8O3. The Morgan fingerprint density at radius 1 is 1.24 bits per heavy atom. The molecule has 0 spiro atoms. The van der Waals surface area contributed by atoms with Crippen LogP contribution in [0.15, 0.2) is 58.3 Å². The minimum absolute atomic E-state index is 0.0222. The summed E-state index contributed by atoms with van der Waals surface area (Å²) in [5, 5.41) is 19.2. The molecule has 4 aromatic rings. The Balaban J connectivity index is 1.47. The standard InChI is InChI=1S/C22H21FN8O3/c1-13(2)19-18(26-30-31(19)21-20(24)28-34-29-21)22(32)27-25-11-15-5-3-4-6-17(15)33-12-14-7-9-16(23)10-8-14/h3-11,13H,12H2,1-2H3,(H2,24,28)(H,27,32). The highest BCUT2D eigenvalue weighted by Crippen LogP contribution is 2.23. The van der Waals surface area contributed by atoms with Crippen molar-refractivity contribution < 1.29 is 18.6 Å². The highest BCUT2D eigenvalue weighted by atomic mass is 19.1. The summed E-state index contributed by atoms with van der Waals surface area (Å²) in [7, 11) is 0. The maximum absolute atomic E-state index is 13.1. The molecule has 12 heteroatoms. The zero-order valence-corrected chi connectivity index (χ0v) is 18.3. The number of hydrazone groups is 1. The van der Waals surface area contributed by atoms with E-state index in [0.717, 1.165) is 5.56 Å². The number of nitrogens with one attached hydrogen (secondary N) is 1. The van der Waals surface area contributed by atoms with E-state index in [4.69, 9.17) is 10.5 Å². The molecule has 0 radical (unpaired) electrons. The fourth-order valence-corrected chi connectivity index (χ4v) is 3.14. The van der Waals surface area contributed by atoms with Gasteiger partial charge in [0.2, 0.25) is 11.6 Å². The molecule has 174 valence electrons. The molecule has 0 aliphatic rings. The molecule has 0 saturated heterocycles. The van der Waals surface area contributed by atoms with Crippen molar-refractivity contribution in [3.8, 4) is 11.6 Å². The molecule has 2 aromatic heterocycles. The average Bonchev–Trinajstić information content (AvgIpc) is 3.45. The molecule has 0 atom stereocenters. The number of rotatable bonds is 8. The number of carbonyl (C=O) groups is 1. The number of nitrogen functional groups attached to an aromatic ring is 1.